The number of unbranched alkanes of at least 4 members (excludes halogenated alkanes) is 1. The average Bonchev–Trinajstić information content (AvgIpc) is 2.39. The molecule has 0 heterocycles. The van der Waals surface area contributed by atoms with E-state index in [4.69, 9.17) is 4.74 Å². The first-order valence-corrected chi connectivity index (χ1v) is 8.61. The maximum atomic E-state index is 5.53. The first kappa shape index (κ1) is 18.6. The average molecular weight is 289 g/mol. The monoisotopic (exact) mass is 289 g/mol. The molecule has 0 aliphatic carbocycles. The molecule has 0 aromatic carbocycles. The second-order valence-electron chi connectivity index (χ2n) is 4.95. The molecule has 0 atom stereocenters. The fraction of sp³-hybridized carbons (Fsp3) is 0.929. The van der Waals surface area contributed by atoms with Crippen molar-refractivity contribution >= 4 is 17.7 Å². The summed E-state index contributed by atoms with van der Waals surface area (Å²) in [6, 6.07) is 0. The molecular weight excluding hydrogens is 258 g/mol. The van der Waals surface area contributed by atoms with Gasteiger partial charge in [-0.1, -0.05) is 13.8 Å². The van der Waals surface area contributed by atoms with E-state index >= 15 is 0 Å². The lowest BCUT2D eigenvalue weighted by molar-refractivity contribution is 0.108. The Balaban J connectivity index is 3.40. The zero-order chi connectivity index (χ0) is 14.3. The molecule has 0 radical (unpaired) electrons. The first-order valence-electron chi connectivity index (χ1n) is 7.22. The summed E-state index contributed by atoms with van der Waals surface area (Å²) < 4.78 is 5.53. The van der Waals surface area contributed by atoms with Crippen LogP contribution in [0, 0.1) is 5.92 Å². The molecule has 0 aromatic heterocycles. The van der Waals surface area contributed by atoms with Crippen LogP contribution in [-0.4, -0.2) is 51.3 Å². The highest BCUT2D eigenvalue weighted by atomic mass is 32.2. The Morgan fingerprint density at radius 1 is 1.16 bits per heavy atom. The lowest BCUT2D eigenvalue weighted by atomic mass is 10.2. The summed E-state index contributed by atoms with van der Waals surface area (Å²) in [6.07, 6.45) is 5.61. The standard InChI is InChI=1S/C14H31N3OS/c1-13(2)12-18-10-7-9-17-14(15-3)16-8-5-6-11-19-4/h13H,5-12H2,1-4H3,(H2,15,16,17). The van der Waals surface area contributed by atoms with Gasteiger partial charge in [0.25, 0.3) is 0 Å². The van der Waals surface area contributed by atoms with Crippen LogP contribution in [0.1, 0.15) is 33.1 Å². The van der Waals surface area contributed by atoms with Crippen molar-refractivity contribution in [2.24, 2.45) is 10.9 Å². The summed E-state index contributed by atoms with van der Waals surface area (Å²) in [5.41, 5.74) is 0. The van der Waals surface area contributed by atoms with E-state index in [2.05, 4.69) is 35.7 Å². The maximum absolute atomic E-state index is 5.53. The molecule has 19 heavy (non-hydrogen) atoms. The van der Waals surface area contributed by atoms with Crippen LogP contribution in [0.25, 0.3) is 0 Å². The van der Waals surface area contributed by atoms with Gasteiger partial charge in [-0.05, 0) is 37.2 Å². The highest BCUT2D eigenvalue weighted by Gasteiger charge is 1.97. The van der Waals surface area contributed by atoms with Crippen LogP contribution < -0.4 is 10.6 Å². The van der Waals surface area contributed by atoms with Crippen molar-refractivity contribution in [3.8, 4) is 0 Å². The molecule has 5 heteroatoms. The topological polar surface area (TPSA) is 45.7 Å². The van der Waals surface area contributed by atoms with Crippen molar-refractivity contribution in [2.75, 3.05) is 45.4 Å². The van der Waals surface area contributed by atoms with Crippen LogP contribution in [0.2, 0.25) is 0 Å². The predicted octanol–water partition coefficient (Wildman–Crippen LogP) is 2.36. The lowest BCUT2D eigenvalue weighted by Crippen LogP contribution is -2.38. The van der Waals surface area contributed by atoms with Gasteiger partial charge in [0.05, 0.1) is 0 Å². The Labute approximate surface area is 123 Å². The summed E-state index contributed by atoms with van der Waals surface area (Å²) in [4.78, 5) is 4.20. The Morgan fingerprint density at radius 2 is 1.84 bits per heavy atom. The minimum absolute atomic E-state index is 0.615. The SMILES string of the molecule is CN=C(NCCCCSC)NCCCOCC(C)C. The molecule has 0 rings (SSSR count). The number of guanidine groups is 1. The molecule has 0 bridgehead atoms. The highest BCUT2D eigenvalue weighted by Crippen LogP contribution is 1.97. The van der Waals surface area contributed by atoms with E-state index in [0.29, 0.717) is 5.92 Å². The molecule has 0 saturated heterocycles. The van der Waals surface area contributed by atoms with E-state index in [1.165, 1.54) is 18.6 Å². The van der Waals surface area contributed by atoms with Gasteiger partial charge in [0, 0.05) is 33.4 Å². The van der Waals surface area contributed by atoms with Crippen LogP contribution in [0.4, 0.5) is 0 Å². The molecule has 0 amide bonds. The van der Waals surface area contributed by atoms with Crippen molar-refractivity contribution in [1.82, 2.24) is 10.6 Å². The van der Waals surface area contributed by atoms with Gasteiger partial charge in [0.1, 0.15) is 0 Å². The number of rotatable bonds is 11. The molecule has 0 aromatic rings. The summed E-state index contributed by atoms with van der Waals surface area (Å²) >= 11 is 1.90. The largest absolute Gasteiger partial charge is 0.381 e. The zero-order valence-corrected chi connectivity index (χ0v) is 13.8. The Hall–Kier alpha value is -0.420. The molecule has 114 valence electrons. The molecular formula is C14H31N3OS. The molecule has 0 saturated carbocycles. The number of aliphatic imine (C=N–C) groups is 1. The van der Waals surface area contributed by atoms with Crippen LogP contribution in [0.5, 0.6) is 0 Å². The highest BCUT2D eigenvalue weighted by molar-refractivity contribution is 7.98. The van der Waals surface area contributed by atoms with E-state index in [1.807, 2.05) is 18.8 Å². The third kappa shape index (κ3) is 13.8. The van der Waals surface area contributed by atoms with Crippen molar-refractivity contribution in [3.63, 3.8) is 0 Å². The number of ether oxygens (including phenoxy) is 1. The van der Waals surface area contributed by atoms with Crippen LogP contribution in [0.15, 0.2) is 4.99 Å². The summed E-state index contributed by atoms with van der Waals surface area (Å²) in [6.45, 7) is 7.90. The van der Waals surface area contributed by atoms with Gasteiger partial charge in [-0.15, -0.1) is 0 Å². The summed E-state index contributed by atoms with van der Waals surface area (Å²) in [5.74, 6) is 2.75. The lowest BCUT2D eigenvalue weighted by Gasteiger charge is -2.12. The van der Waals surface area contributed by atoms with Crippen molar-refractivity contribution in [1.29, 1.82) is 0 Å². The van der Waals surface area contributed by atoms with E-state index in [1.54, 1.807) is 0 Å². The molecule has 4 nitrogen and oxygen atoms in total. The molecule has 0 spiro atoms. The summed E-state index contributed by atoms with van der Waals surface area (Å²) in [5, 5.41) is 6.63. The minimum Gasteiger partial charge on any atom is -0.381 e. The van der Waals surface area contributed by atoms with Crippen molar-refractivity contribution < 1.29 is 4.74 Å². The molecule has 0 aliphatic rings. The Bertz CT molecular complexity index is 223. The van der Waals surface area contributed by atoms with Crippen LogP contribution in [-0.2, 0) is 4.74 Å². The van der Waals surface area contributed by atoms with Gasteiger partial charge in [-0.25, -0.2) is 0 Å². The number of nitrogens with one attached hydrogen (secondary N) is 2. The van der Waals surface area contributed by atoms with Crippen LogP contribution in [0.3, 0.4) is 0 Å². The number of nitrogens with zero attached hydrogens (tertiary/aromatic N) is 1. The second kappa shape index (κ2) is 14.0. The van der Waals surface area contributed by atoms with Gasteiger partial charge >= 0.3 is 0 Å². The van der Waals surface area contributed by atoms with Gasteiger partial charge in [0.15, 0.2) is 5.96 Å². The first-order chi connectivity index (χ1) is 9.20. The van der Waals surface area contributed by atoms with Crippen LogP contribution >= 0.6 is 11.8 Å². The van der Waals surface area contributed by atoms with Gasteiger partial charge in [-0.3, -0.25) is 4.99 Å². The zero-order valence-electron chi connectivity index (χ0n) is 13.0. The van der Waals surface area contributed by atoms with E-state index in [0.717, 1.165) is 38.7 Å². The maximum Gasteiger partial charge on any atom is 0.190 e. The quantitative estimate of drug-likeness (QED) is 0.348. The van der Waals surface area contributed by atoms with E-state index in [9.17, 15) is 0 Å². The number of hydrogen-bond donors (Lipinski definition) is 2. The number of thioether (sulfide) groups is 1. The Kier molecular flexibility index (Phi) is 13.7. The second-order valence-corrected chi connectivity index (χ2v) is 5.93. The fourth-order valence-electron chi connectivity index (χ4n) is 1.50. The fourth-order valence-corrected chi connectivity index (χ4v) is 1.99. The van der Waals surface area contributed by atoms with Gasteiger partial charge in [-0.2, -0.15) is 11.8 Å². The molecule has 2 N–H and O–H groups in total. The Morgan fingerprint density at radius 3 is 2.42 bits per heavy atom. The smallest absolute Gasteiger partial charge is 0.190 e. The summed E-state index contributed by atoms with van der Waals surface area (Å²) in [7, 11) is 1.81. The number of hydrogen-bond acceptors (Lipinski definition) is 3. The molecule has 0 fully saturated rings. The normalized spacial score (nSPS) is 11.9. The van der Waals surface area contributed by atoms with Crippen molar-refractivity contribution in [2.45, 2.75) is 33.1 Å². The van der Waals surface area contributed by atoms with E-state index < -0.39 is 0 Å². The van der Waals surface area contributed by atoms with Crippen molar-refractivity contribution in [3.05, 3.63) is 0 Å². The molecule has 0 aliphatic heterocycles. The third-order valence-corrected chi connectivity index (χ3v) is 3.20. The van der Waals surface area contributed by atoms with Gasteiger partial charge < -0.3 is 15.4 Å². The minimum atomic E-state index is 0.615. The predicted molar refractivity (Wildman–Crippen MR) is 87.3 cm³/mol. The molecule has 0 unspecified atom stereocenters. The third-order valence-electron chi connectivity index (χ3n) is 2.50. The van der Waals surface area contributed by atoms with E-state index in [-0.39, 0.29) is 0 Å². The van der Waals surface area contributed by atoms with Gasteiger partial charge in [0.2, 0.25) is 0 Å².